The van der Waals surface area contributed by atoms with Crippen molar-refractivity contribution in [3.05, 3.63) is 65.2 Å². The Hall–Kier alpha value is -2.64. The zero-order valence-corrected chi connectivity index (χ0v) is 15.8. The maximum absolute atomic E-state index is 12.8. The Balaban J connectivity index is 2.09. The van der Waals surface area contributed by atoms with Gasteiger partial charge in [-0.05, 0) is 24.3 Å². The summed E-state index contributed by atoms with van der Waals surface area (Å²) in [4.78, 5) is 39.2. The third-order valence-electron chi connectivity index (χ3n) is 4.07. The third kappa shape index (κ3) is 3.24. The lowest BCUT2D eigenvalue weighted by Gasteiger charge is -2.19. The first-order chi connectivity index (χ1) is 13.0. The molecule has 3 rings (SSSR count). The summed E-state index contributed by atoms with van der Waals surface area (Å²) in [6, 6.07) is 12.7. The Labute approximate surface area is 156 Å². The van der Waals surface area contributed by atoms with Gasteiger partial charge in [-0.1, -0.05) is 24.3 Å². The number of carbonyl (C=O) groups is 3. The van der Waals surface area contributed by atoms with E-state index in [-0.39, 0.29) is 22.4 Å². The van der Waals surface area contributed by atoms with Gasteiger partial charge < -0.3 is 13.6 Å². The molecular formula is C18H17N2O6P. The maximum atomic E-state index is 12.8. The Kier molecular flexibility index (Phi) is 5.34. The van der Waals surface area contributed by atoms with Gasteiger partial charge in [0.1, 0.15) is 0 Å². The number of para-hydroxylation sites is 1. The van der Waals surface area contributed by atoms with Gasteiger partial charge in [-0.25, -0.2) is 4.90 Å². The SMILES string of the molecule is COP(=NC(=O)c1ccccc1N1C(=O)c2ccccc2C1=O)(OC)OC. The molecule has 0 unspecified atom stereocenters. The summed E-state index contributed by atoms with van der Waals surface area (Å²) in [5.74, 6) is -1.72. The number of carbonyl (C=O) groups excluding carboxylic acids is 3. The summed E-state index contributed by atoms with van der Waals surface area (Å²) in [7, 11) is 0.726. The van der Waals surface area contributed by atoms with Crippen LogP contribution in [-0.2, 0) is 13.6 Å². The second-order valence-corrected chi connectivity index (χ2v) is 7.66. The topological polar surface area (TPSA) is 94.5 Å². The molecule has 27 heavy (non-hydrogen) atoms. The first kappa shape index (κ1) is 19.1. The van der Waals surface area contributed by atoms with Gasteiger partial charge in [0.15, 0.2) is 0 Å². The minimum atomic E-state index is -3.21. The number of imide groups is 1. The van der Waals surface area contributed by atoms with Crippen LogP contribution in [0.3, 0.4) is 0 Å². The highest BCUT2D eigenvalue weighted by molar-refractivity contribution is 7.51. The van der Waals surface area contributed by atoms with E-state index < -0.39 is 25.5 Å². The molecule has 0 fully saturated rings. The van der Waals surface area contributed by atoms with Crippen molar-refractivity contribution in [3.63, 3.8) is 0 Å². The van der Waals surface area contributed by atoms with Gasteiger partial charge in [0.25, 0.3) is 17.7 Å². The Bertz CT molecular complexity index is 933. The Morgan fingerprint density at radius 2 is 1.33 bits per heavy atom. The van der Waals surface area contributed by atoms with Gasteiger partial charge in [0.2, 0.25) is 0 Å². The lowest BCUT2D eigenvalue weighted by Crippen LogP contribution is -2.30. The van der Waals surface area contributed by atoms with Crippen LogP contribution >= 0.6 is 7.74 Å². The molecule has 9 heteroatoms. The number of amides is 3. The fraction of sp³-hybridized carbons (Fsp3) is 0.167. The van der Waals surface area contributed by atoms with E-state index in [2.05, 4.69) is 4.74 Å². The average Bonchev–Trinajstić information content (AvgIpc) is 2.97. The zero-order chi connectivity index (χ0) is 19.6. The molecule has 0 N–H and O–H groups in total. The van der Waals surface area contributed by atoms with Crippen LogP contribution in [-0.4, -0.2) is 39.1 Å². The van der Waals surface area contributed by atoms with Crippen molar-refractivity contribution in [3.8, 4) is 0 Å². The molecule has 0 aromatic heterocycles. The molecule has 1 heterocycles. The second-order valence-electron chi connectivity index (χ2n) is 5.43. The van der Waals surface area contributed by atoms with Gasteiger partial charge in [0, 0.05) is 21.3 Å². The van der Waals surface area contributed by atoms with Crippen LogP contribution in [0.5, 0.6) is 0 Å². The molecule has 1 aliphatic rings. The standard InChI is InChI=1S/C18H17N2O6P/c1-24-27(25-2,26-3)19-16(21)14-10-6-7-11-15(14)20-17(22)12-8-4-5-9-13(12)18(20)23/h4-11H,1-3H3. The molecule has 1 aliphatic heterocycles. The van der Waals surface area contributed by atoms with E-state index in [0.717, 1.165) is 4.90 Å². The first-order valence-electron chi connectivity index (χ1n) is 7.88. The summed E-state index contributed by atoms with van der Waals surface area (Å²) in [5.41, 5.74) is 0.768. The molecule has 140 valence electrons. The number of fused-ring (bicyclic) bond motifs is 1. The van der Waals surface area contributed by atoms with Crippen molar-refractivity contribution in [2.75, 3.05) is 26.2 Å². The predicted octanol–water partition coefficient (Wildman–Crippen LogP) is 3.51. The van der Waals surface area contributed by atoms with E-state index in [1.807, 2.05) is 0 Å². The van der Waals surface area contributed by atoms with Crippen molar-refractivity contribution in [2.24, 2.45) is 4.74 Å². The van der Waals surface area contributed by atoms with Crippen molar-refractivity contribution < 1.29 is 28.0 Å². The number of anilines is 1. The monoisotopic (exact) mass is 388 g/mol. The molecule has 2 aromatic rings. The van der Waals surface area contributed by atoms with Crippen molar-refractivity contribution in [2.45, 2.75) is 0 Å². The number of benzene rings is 2. The van der Waals surface area contributed by atoms with Crippen molar-refractivity contribution in [1.82, 2.24) is 0 Å². The average molecular weight is 388 g/mol. The van der Waals surface area contributed by atoms with E-state index in [0.29, 0.717) is 0 Å². The Morgan fingerprint density at radius 3 is 1.85 bits per heavy atom. The number of hydrogen-bond acceptors (Lipinski definition) is 6. The molecule has 0 aliphatic carbocycles. The lowest BCUT2D eigenvalue weighted by atomic mass is 10.1. The van der Waals surface area contributed by atoms with Crippen LogP contribution in [0, 0.1) is 0 Å². The highest BCUT2D eigenvalue weighted by atomic mass is 31.2. The fourth-order valence-corrected chi connectivity index (χ4v) is 3.79. The van der Waals surface area contributed by atoms with E-state index in [9.17, 15) is 14.4 Å². The molecule has 0 saturated heterocycles. The molecule has 0 saturated carbocycles. The smallest absolute Gasteiger partial charge is 0.306 e. The van der Waals surface area contributed by atoms with Crippen molar-refractivity contribution in [1.29, 1.82) is 0 Å². The van der Waals surface area contributed by atoms with Crippen LogP contribution in [0.15, 0.2) is 53.3 Å². The summed E-state index contributed by atoms with van der Waals surface area (Å²) < 4.78 is 19.3. The first-order valence-corrected chi connectivity index (χ1v) is 9.38. The summed E-state index contributed by atoms with van der Waals surface area (Å²) in [5, 5.41) is 0. The normalized spacial score (nSPS) is 13.7. The minimum absolute atomic E-state index is 0.0579. The van der Waals surface area contributed by atoms with Crippen LogP contribution in [0.2, 0.25) is 0 Å². The lowest BCUT2D eigenvalue weighted by molar-refractivity contribution is 0.0926. The highest BCUT2D eigenvalue weighted by Crippen LogP contribution is 2.51. The van der Waals surface area contributed by atoms with Crippen LogP contribution in [0.4, 0.5) is 5.69 Å². The largest absolute Gasteiger partial charge is 0.362 e. The van der Waals surface area contributed by atoms with Gasteiger partial charge in [-0.15, -0.1) is 0 Å². The molecule has 2 aromatic carbocycles. The molecule has 0 atom stereocenters. The van der Waals surface area contributed by atoms with Gasteiger partial charge >= 0.3 is 7.74 Å². The highest BCUT2D eigenvalue weighted by Gasteiger charge is 2.38. The predicted molar refractivity (Wildman–Crippen MR) is 98.7 cm³/mol. The summed E-state index contributed by atoms with van der Waals surface area (Å²) in [6.45, 7) is 0. The van der Waals surface area contributed by atoms with E-state index in [1.165, 1.54) is 33.5 Å². The molecular weight excluding hydrogens is 371 g/mol. The maximum Gasteiger partial charge on any atom is 0.362 e. The second kappa shape index (κ2) is 7.54. The van der Waals surface area contributed by atoms with Crippen LogP contribution in [0.25, 0.3) is 0 Å². The third-order valence-corrected chi connectivity index (χ3v) is 5.89. The fourth-order valence-electron chi connectivity index (χ4n) is 2.77. The van der Waals surface area contributed by atoms with Crippen LogP contribution < -0.4 is 4.90 Å². The van der Waals surface area contributed by atoms with E-state index in [1.54, 1.807) is 36.4 Å². The zero-order valence-electron chi connectivity index (χ0n) is 14.9. The van der Waals surface area contributed by atoms with E-state index in [4.69, 9.17) is 13.6 Å². The molecule has 0 radical (unpaired) electrons. The summed E-state index contributed by atoms with van der Waals surface area (Å²) in [6.07, 6.45) is 0. The van der Waals surface area contributed by atoms with E-state index >= 15 is 0 Å². The van der Waals surface area contributed by atoms with Gasteiger partial charge in [0.05, 0.1) is 22.4 Å². The molecule has 8 nitrogen and oxygen atoms in total. The van der Waals surface area contributed by atoms with Gasteiger partial charge in [-0.3, -0.25) is 14.4 Å². The summed E-state index contributed by atoms with van der Waals surface area (Å²) >= 11 is 0. The molecule has 0 bridgehead atoms. The van der Waals surface area contributed by atoms with Crippen LogP contribution in [0.1, 0.15) is 31.1 Å². The number of rotatable bonds is 5. The Morgan fingerprint density at radius 1 is 0.852 bits per heavy atom. The number of hydrogen-bond donors (Lipinski definition) is 0. The number of nitrogens with zero attached hydrogens (tertiary/aromatic N) is 2. The quantitative estimate of drug-likeness (QED) is 0.575. The van der Waals surface area contributed by atoms with Gasteiger partial charge in [-0.2, -0.15) is 4.74 Å². The molecule has 3 amide bonds. The minimum Gasteiger partial charge on any atom is -0.306 e. The van der Waals surface area contributed by atoms with Crippen molar-refractivity contribution >= 4 is 31.1 Å². The molecule has 0 spiro atoms.